The second kappa shape index (κ2) is 8.35. The second-order valence-electron chi connectivity index (χ2n) is 6.08. The fourth-order valence-electron chi connectivity index (χ4n) is 2.91. The molecule has 0 aliphatic carbocycles. The van der Waals surface area contributed by atoms with E-state index in [-0.39, 0.29) is 11.3 Å². The lowest BCUT2D eigenvalue weighted by molar-refractivity contribution is -0.0498. The third kappa shape index (κ3) is 4.28. The number of nitrogens with zero attached hydrogens (tertiary/aromatic N) is 2. The Balaban J connectivity index is 1.77. The van der Waals surface area contributed by atoms with Gasteiger partial charge in [-0.1, -0.05) is 12.1 Å². The quantitative estimate of drug-likeness (QED) is 0.547. The molecular weight excluding hydrogens is 384 g/mol. The van der Waals surface area contributed by atoms with Gasteiger partial charge in [-0.25, -0.2) is 4.98 Å². The van der Waals surface area contributed by atoms with Gasteiger partial charge in [0.25, 0.3) is 5.91 Å². The molecule has 1 aromatic carbocycles. The number of hydrogen-bond donors (Lipinski definition) is 1. The number of anilines is 1. The molecule has 0 saturated heterocycles. The number of benzene rings is 1. The molecule has 146 valence electrons. The summed E-state index contributed by atoms with van der Waals surface area (Å²) in [6.45, 7) is 5.57. The topological polar surface area (TPSA) is 56.2 Å². The third-order valence-corrected chi connectivity index (χ3v) is 4.97. The Morgan fingerprint density at radius 3 is 2.89 bits per heavy atom. The van der Waals surface area contributed by atoms with Gasteiger partial charge in [-0.3, -0.25) is 10.1 Å². The highest BCUT2D eigenvalue weighted by molar-refractivity contribution is 7.14. The van der Waals surface area contributed by atoms with E-state index in [2.05, 4.69) is 26.2 Å². The smallest absolute Gasteiger partial charge is 0.387 e. The lowest BCUT2D eigenvalue weighted by Gasteiger charge is -2.06. The molecule has 5 nitrogen and oxygen atoms in total. The van der Waals surface area contributed by atoms with Crippen molar-refractivity contribution in [1.82, 2.24) is 9.55 Å². The second-order valence-corrected chi connectivity index (χ2v) is 6.94. The van der Waals surface area contributed by atoms with Crippen LogP contribution in [0, 0.1) is 13.8 Å². The lowest BCUT2D eigenvalue weighted by atomic mass is 10.2. The fraction of sp³-hybridized carbons (Fsp3) is 0.200. The number of carbonyl (C=O) groups is 1. The number of allylic oxidation sites excluding steroid dienone is 1. The van der Waals surface area contributed by atoms with Crippen LogP contribution in [0.5, 0.6) is 5.75 Å². The van der Waals surface area contributed by atoms with Crippen LogP contribution in [0.1, 0.15) is 21.7 Å². The molecule has 3 rings (SSSR count). The Morgan fingerprint density at radius 1 is 1.39 bits per heavy atom. The van der Waals surface area contributed by atoms with Crippen molar-refractivity contribution in [1.29, 1.82) is 0 Å². The summed E-state index contributed by atoms with van der Waals surface area (Å²) in [5.41, 5.74) is 4.13. The molecule has 3 aromatic rings. The molecule has 0 spiro atoms. The summed E-state index contributed by atoms with van der Waals surface area (Å²) in [6, 6.07) is 7.67. The molecule has 1 amide bonds. The van der Waals surface area contributed by atoms with Crippen molar-refractivity contribution in [3.63, 3.8) is 0 Å². The summed E-state index contributed by atoms with van der Waals surface area (Å²) in [4.78, 5) is 16.9. The maximum Gasteiger partial charge on any atom is 0.387 e. The van der Waals surface area contributed by atoms with Crippen LogP contribution >= 0.6 is 11.3 Å². The number of thiazole rings is 1. The van der Waals surface area contributed by atoms with Crippen molar-refractivity contribution in [3.05, 3.63) is 65.3 Å². The molecule has 2 aromatic heterocycles. The summed E-state index contributed by atoms with van der Waals surface area (Å²) in [6.07, 6.45) is 1.84. The number of nitrogens with one attached hydrogen (secondary N) is 1. The van der Waals surface area contributed by atoms with Gasteiger partial charge in [0, 0.05) is 34.4 Å². The van der Waals surface area contributed by atoms with Crippen LogP contribution in [0.4, 0.5) is 13.9 Å². The number of alkyl halides is 2. The monoisotopic (exact) mass is 403 g/mol. The van der Waals surface area contributed by atoms with E-state index in [0.29, 0.717) is 11.7 Å². The Hall–Kier alpha value is -3.00. The summed E-state index contributed by atoms with van der Waals surface area (Å²) >= 11 is 1.30. The number of ether oxygens (including phenoxy) is 1. The van der Waals surface area contributed by atoms with E-state index in [9.17, 15) is 13.6 Å². The van der Waals surface area contributed by atoms with Gasteiger partial charge in [0.15, 0.2) is 5.13 Å². The normalized spacial score (nSPS) is 10.9. The first kappa shape index (κ1) is 19.8. The molecule has 2 heterocycles. The van der Waals surface area contributed by atoms with Crippen molar-refractivity contribution in [2.45, 2.75) is 27.0 Å². The Morgan fingerprint density at radius 2 is 2.18 bits per heavy atom. The Bertz CT molecular complexity index is 1010. The van der Waals surface area contributed by atoms with Gasteiger partial charge in [0.2, 0.25) is 0 Å². The Kier molecular flexibility index (Phi) is 5.89. The summed E-state index contributed by atoms with van der Waals surface area (Å²) in [5.74, 6) is -0.519. The molecule has 8 heteroatoms. The molecule has 0 atom stereocenters. The highest BCUT2D eigenvalue weighted by Crippen LogP contribution is 2.30. The van der Waals surface area contributed by atoms with Gasteiger partial charge in [-0.05, 0) is 38.1 Å². The van der Waals surface area contributed by atoms with Gasteiger partial charge >= 0.3 is 6.61 Å². The summed E-state index contributed by atoms with van der Waals surface area (Å²) in [7, 11) is 0. The summed E-state index contributed by atoms with van der Waals surface area (Å²) in [5, 5.41) is 4.99. The van der Waals surface area contributed by atoms with Crippen molar-refractivity contribution in [3.8, 4) is 17.0 Å². The minimum Gasteiger partial charge on any atom is -0.435 e. The first-order valence-electron chi connectivity index (χ1n) is 8.48. The van der Waals surface area contributed by atoms with E-state index >= 15 is 0 Å². The van der Waals surface area contributed by atoms with Crippen molar-refractivity contribution in [2.75, 3.05) is 5.32 Å². The van der Waals surface area contributed by atoms with E-state index < -0.39 is 12.5 Å². The summed E-state index contributed by atoms with van der Waals surface area (Å²) < 4.78 is 31.1. The van der Waals surface area contributed by atoms with Crippen molar-refractivity contribution >= 4 is 22.4 Å². The first-order chi connectivity index (χ1) is 13.4. The van der Waals surface area contributed by atoms with Crippen LogP contribution in [-0.2, 0) is 6.54 Å². The van der Waals surface area contributed by atoms with Crippen LogP contribution in [0.25, 0.3) is 11.3 Å². The van der Waals surface area contributed by atoms with Crippen molar-refractivity contribution in [2.24, 2.45) is 0 Å². The zero-order valence-corrected chi connectivity index (χ0v) is 16.2. The zero-order valence-electron chi connectivity index (χ0n) is 15.4. The van der Waals surface area contributed by atoms with Gasteiger partial charge in [0.05, 0.1) is 5.69 Å². The molecule has 0 saturated carbocycles. The van der Waals surface area contributed by atoms with Crippen LogP contribution < -0.4 is 10.1 Å². The molecule has 0 radical (unpaired) electrons. The number of aryl methyl sites for hydroxylation is 1. The minimum absolute atomic E-state index is 0.0721. The predicted octanol–water partition coefficient (Wildman–Crippen LogP) is 5.27. The molecule has 0 bridgehead atoms. The number of halogens is 2. The molecule has 0 aliphatic heterocycles. The van der Waals surface area contributed by atoms with Crippen LogP contribution in [-0.4, -0.2) is 22.1 Å². The molecule has 1 N–H and O–H groups in total. The number of amides is 1. The first-order valence-corrected chi connectivity index (χ1v) is 9.36. The fourth-order valence-corrected chi connectivity index (χ4v) is 3.61. The van der Waals surface area contributed by atoms with Gasteiger partial charge in [0.1, 0.15) is 5.75 Å². The SMILES string of the molecule is C=CCn1c(C)cc(-c2csc(NC(=O)c3cccc(OC(F)F)c3)n2)c1C. The third-order valence-electron chi connectivity index (χ3n) is 4.21. The van der Waals surface area contributed by atoms with Gasteiger partial charge < -0.3 is 9.30 Å². The van der Waals surface area contributed by atoms with Crippen LogP contribution in [0.15, 0.2) is 48.4 Å². The number of hydrogen-bond acceptors (Lipinski definition) is 4. The molecule has 28 heavy (non-hydrogen) atoms. The van der Waals surface area contributed by atoms with Crippen molar-refractivity contribution < 1.29 is 18.3 Å². The highest BCUT2D eigenvalue weighted by Gasteiger charge is 2.15. The lowest BCUT2D eigenvalue weighted by Crippen LogP contribution is -2.12. The molecule has 0 unspecified atom stereocenters. The van der Waals surface area contributed by atoms with E-state index in [0.717, 1.165) is 22.6 Å². The molecule has 0 aliphatic rings. The highest BCUT2D eigenvalue weighted by atomic mass is 32.1. The van der Waals surface area contributed by atoms with Gasteiger partial charge in [-0.15, -0.1) is 17.9 Å². The van der Waals surface area contributed by atoms with Crippen LogP contribution in [0.2, 0.25) is 0 Å². The largest absolute Gasteiger partial charge is 0.435 e. The molecule has 0 fully saturated rings. The maximum absolute atomic E-state index is 12.4. The predicted molar refractivity (Wildman–Crippen MR) is 106 cm³/mol. The van der Waals surface area contributed by atoms with E-state index in [1.165, 1.54) is 35.6 Å². The van der Waals surface area contributed by atoms with E-state index in [4.69, 9.17) is 0 Å². The number of carbonyl (C=O) groups excluding carboxylic acids is 1. The average Bonchev–Trinajstić information content (AvgIpc) is 3.21. The van der Waals surface area contributed by atoms with Gasteiger partial charge in [-0.2, -0.15) is 8.78 Å². The zero-order chi connectivity index (χ0) is 20.3. The Labute approximate surface area is 165 Å². The minimum atomic E-state index is -2.94. The van der Waals surface area contributed by atoms with E-state index in [1.54, 1.807) is 0 Å². The molecular formula is C20H19F2N3O2S. The average molecular weight is 403 g/mol. The van der Waals surface area contributed by atoms with E-state index in [1.807, 2.05) is 31.4 Å². The maximum atomic E-state index is 12.4. The number of rotatable bonds is 7. The standard InChI is InChI=1S/C20H19F2N3O2S/c1-4-8-25-12(2)9-16(13(25)3)17-11-28-20(23-17)24-18(26)14-6-5-7-15(10-14)27-19(21)22/h4-7,9-11,19H,1,8H2,2-3H3,(H,23,24,26). The number of aromatic nitrogens is 2. The van der Waals surface area contributed by atoms with Crippen LogP contribution in [0.3, 0.4) is 0 Å².